The molecule has 0 saturated carbocycles. The number of aromatic nitrogens is 2. The van der Waals surface area contributed by atoms with Gasteiger partial charge in [0.1, 0.15) is 0 Å². The minimum Gasteiger partial charge on any atom is -0.442 e. The fourth-order valence-electron chi connectivity index (χ4n) is 2.88. The van der Waals surface area contributed by atoms with E-state index in [0.29, 0.717) is 12.5 Å². The van der Waals surface area contributed by atoms with Gasteiger partial charge in [-0.2, -0.15) is 39.5 Å². The highest BCUT2D eigenvalue weighted by Crippen LogP contribution is 2.43. The van der Waals surface area contributed by atoms with E-state index in [1.54, 1.807) is 13.8 Å². The first-order chi connectivity index (χ1) is 17.0. The molecule has 0 radical (unpaired) electrons. The first kappa shape index (κ1) is 30.3. The van der Waals surface area contributed by atoms with Crippen molar-refractivity contribution in [1.29, 1.82) is 0 Å². The predicted molar refractivity (Wildman–Crippen MR) is 111 cm³/mol. The Morgan fingerprint density at radius 2 is 1.62 bits per heavy atom. The Morgan fingerprint density at radius 1 is 0.973 bits per heavy atom. The van der Waals surface area contributed by atoms with E-state index in [-0.39, 0.29) is 31.5 Å². The molecule has 0 aliphatic carbocycles. The first-order valence-electron chi connectivity index (χ1n) is 10.5. The Morgan fingerprint density at radius 3 is 2.14 bits per heavy atom. The van der Waals surface area contributed by atoms with E-state index in [2.05, 4.69) is 9.98 Å². The molecule has 0 aliphatic rings. The summed E-state index contributed by atoms with van der Waals surface area (Å²) in [6.07, 6.45) is -15.1. The second-order valence-electron chi connectivity index (χ2n) is 7.42. The Balaban J connectivity index is 2.82. The minimum absolute atomic E-state index is 0.00136. The fourth-order valence-corrected chi connectivity index (χ4v) is 3.14. The molecular formula is C21H19ClF9N3O3. The molecule has 1 heterocycles. The van der Waals surface area contributed by atoms with Gasteiger partial charge in [-0.25, -0.2) is 9.98 Å². The quantitative estimate of drug-likeness (QED) is 0.197. The summed E-state index contributed by atoms with van der Waals surface area (Å²) in [5, 5.41) is -1.28. The van der Waals surface area contributed by atoms with Gasteiger partial charge in [0.25, 0.3) is 0 Å². The van der Waals surface area contributed by atoms with E-state index in [0.717, 1.165) is 4.57 Å². The van der Waals surface area contributed by atoms with Crippen LogP contribution in [0.5, 0.6) is 5.88 Å². The van der Waals surface area contributed by atoms with Gasteiger partial charge in [-0.15, -0.1) is 0 Å². The van der Waals surface area contributed by atoms with Gasteiger partial charge in [-0.3, -0.25) is 9.36 Å². The number of nitrogens with zero attached hydrogens (tertiary/aromatic N) is 3. The SMILES string of the molecule is CCCC(=O)OCOc1cc(C(F)(F)F)nc(=Nc2cc(C(F)(F)F)cc(C(F)(F)F)c2Cl)n1CCC. The van der Waals surface area contributed by atoms with Crippen molar-refractivity contribution in [1.82, 2.24) is 9.55 Å². The third-order valence-electron chi connectivity index (χ3n) is 4.51. The van der Waals surface area contributed by atoms with Crippen molar-refractivity contribution < 1.29 is 53.8 Å². The molecule has 206 valence electrons. The number of carbonyl (C=O) groups is 1. The number of esters is 1. The number of alkyl halides is 9. The van der Waals surface area contributed by atoms with Crippen molar-refractivity contribution in [2.24, 2.45) is 4.99 Å². The first-order valence-corrected chi connectivity index (χ1v) is 10.9. The molecule has 0 fully saturated rings. The highest BCUT2D eigenvalue weighted by Gasteiger charge is 2.40. The third kappa shape index (κ3) is 8.01. The van der Waals surface area contributed by atoms with E-state index >= 15 is 0 Å². The summed E-state index contributed by atoms with van der Waals surface area (Å²) in [6, 6.07) is 0.348. The monoisotopic (exact) mass is 567 g/mol. The molecule has 0 atom stereocenters. The molecular weight excluding hydrogens is 549 g/mol. The van der Waals surface area contributed by atoms with Crippen LogP contribution < -0.4 is 10.4 Å². The third-order valence-corrected chi connectivity index (χ3v) is 4.91. The van der Waals surface area contributed by atoms with Gasteiger partial charge < -0.3 is 9.47 Å². The van der Waals surface area contributed by atoms with Crippen LogP contribution in [-0.2, 0) is 34.6 Å². The Bertz CT molecular complexity index is 1190. The van der Waals surface area contributed by atoms with Gasteiger partial charge in [-0.1, -0.05) is 25.4 Å². The van der Waals surface area contributed by atoms with Crippen LogP contribution in [-0.4, -0.2) is 22.3 Å². The molecule has 0 amide bonds. The molecule has 0 bridgehead atoms. The number of halogens is 10. The van der Waals surface area contributed by atoms with Crippen molar-refractivity contribution in [2.75, 3.05) is 6.79 Å². The topological polar surface area (TPSA) is 65.7 Å². The van der Waals surface area contributed by atoms with Crippen molar-refractivity contribution in [3.63, 3.8) is 0 Å². The lowest BCUT2D eigenvalue weighted by atomic mass is 10.1. The number of hydrogen-bond donors (Lipinski definition) is 0. The van der Waals surface area contributed by atoms with Crippen LogP contribution in [0, 0.1) is 0 Å². The highest BCUT2D eigenvalue weighted by molar-refractivity contribution is 6.33. The molecule has 6 nitrogen and oxygen atoms in total. The summed E-state index contributed by atoms with van der Waals surface area (Å²) < 4.78 is 131. The Kier molecular flexibility index (Phi) is 9.49. The normalized spacial score (nSPS) is 13.1. The lowest BCUT2D eigenvalue weighted by molar-refractivity contribution is -0.151. The van der Waals surface area contributed by atoms with Crippen molar-refractivity contribution in [3.8, 4) is 5.88 Å². The van der Waals surface area contributed by atoms with E-state index in [1.807, 2.05) is 0 Å². The summed E-state index contributed by atoms with van der Waals surface area (Å²) in [6.45, 7) is 2.24. The summed E-state index contributed by atoms with van der Waals surface area (Å²) in [5.74, 6) is -1.32. The average Bonchev–Trinajstić information content (AvgIpc) is 2.74. The number of carbonyl (C=O) groups excluding carboxylic acids is 1. The van der Waals surface area contributed by atoms with Gasteiger partial charge in [0, 0.05) is 19.0 Å². The Hall–Kier alpha value is -2.97. The summed E-state index contributed by atoms with van der Waals surface area (Å²) >= 11 is 5.68. The minimum atomic E-state index is -5.33. The van der Waals surface area contributed by atoms with E-state index in [1.165, 1.54) is 0 Å². The number of benzene rings is 1. The van der Waals surface area contributed by atoms with Crippen LogP contribution in [0.1, 0.15) is 49.9 Å². The Labute approximate surface area is 208 Å². The molecule has 0 saturated heterocycles. The standard InChI is InChI=1S/C21H19ClF9N3O3/c1-3-5-16(35)37-10-36-15-9-14(21(29,30)31)33-18(34(15)6-4-2)32-13-8-11(19(23,24)25)7-12(17(13)22)20(26,27)28/h7-9H,3-6,10H2,1-2H3. The molecule has 1 aromatic carbocycles. The molecule has 16 heteroatoms. The maximum atomic E-state index is 13.5. The van der Waals surface area contributed by atoms with E-state index in [9.17, 15) is 44.3 Å². The zero-order valence-electron chi connectivity index (χ0n) is 19.1. The molecule has 1 aromatic heterocycles. The van der Waals surface area contributed by atoms with Crippen molar-refractivity contribution >= 4 is 23.3 Å². The summed E-state index contributed by atoms with van der Waals surface area (Å²) in [7, 11) is 0. The van der Waals surface area contributed by atoms with Gasteiger partial charge in [0.15, 0.2) is 5.69 Å². The van der Waals surface area contributed by atoms with Crippen molar-refractivity contribution in [3.05, 3.63) is 45.7 Å². The number of hydrogen-bond acceptors (Lipinski definition) is 5. The number of ether oxygens (including phenoxy) is 2. The smallest absolute Gasteiger partial charge is 0.433 e. The van der Waals surface area contributed by atoms with E-state index in [4.69, 9.17) is 21.1 Å². The van der Waals surface area contributed by atoms with Crippen molar-refractivity contribution in [2.45, 2.75) is 58.2 Å². The molecule has 2 rings (SSSR count). The lowest BCUT2D eigenvalue weighted by Crippen LogP contribution is -2.30. The van der Waals surface area contributed by atoms with Gasteiger partial charge >= 0.3 is 24.5 Å². The zero-order valence-corrected chi connectivity index (χ0v) is 19.9. The van der Waals surface area contributed by atoms with Crippen LogP contribution >= 0.6 is 11.6 Å². The van der Waals surface area contributed by atoms with Crippen LogP contribution in [0.2, 0.25) is 5.02 Å². The average molecular weight is 568 g/mol. The molecule has 37 heavy (non-hydrogen) atoms. The predicted octanol–water partition coefficient (Wildman–Crippen LogP) is 6.91. The second-order valence-corrected chi connectivity index (χ2v) is 7.80. The molecule has 0 spiro atoms. The maximum Gasteiger partial charge on any atom is 0.433 e. The maximum absolute atomic E-state index is 13.5. The van der Waals surface area contributed by atoms with Crippen LogP contribution in [0.25, 0.3) is 0 Å². The highest BCUT2D eigenvalue weighted by atomic mass is 35.5. The fraction of sp³-hybridized carbons (Fsp3) is 0.476. The lowest BCUT2D eigenvalue weighted by Gasteiger charge is -2.17. The molecule has 0 N–H and O–H groups in total. The molecule has 0 aliphatic heterocycles. The second kappa shape index (κ2) is 11.6. The van der Waals surface area contributed by atoms with E-state index < -0.39 is 70.3 Å². The van der Waals surface area contributed by atoms with Crippen LogP contribution in [0.3, 0.4) is 0 Å². The number of rotatable bonds is 8. The van der Waals surface area contributed by atoms with Gasteiger partial charge in [0.05, 0.1) is 21.8 Å². The molecule has 0 unspecified atom stereocenters. The van der Waals surface area contributed by atoms with Crippen LogP contribution in [0.4, 0.5) is 45.2 Å². The van der Waals surface area contributed by atoms with Gasteiger partial charge in [0.2, 0.25) is 18.3 Å². The zero-order chi connectivity index (χ0) is 28.2. The largest absolute Gasteiger partial charge is 0.442 e. The summed E-state index contributed by atoms with van der Waals surface area (Å²) in [5.41, 5.74) is -7.36. The molecule has 2 aromatic rings. The van der Waals surface area contributed by atoms with Crippen LogP contribution in [0.15, 0.2) is 23.2 Å². The summed E-state index contributed by atoms with van der Waals surface area (Å²) in [4.78, 5) is 18.3. The van der Waals surface area contributed by atoms with Gasteiger partial charge in [-0.05, 0) is 25.0 Å².